The van der Waals surface area contributed by atoms with Gasteiger partial charge in [-0.25, -0.2) is 0 Å². The van der Waals surface area contributed by atoms with E-state index in [0.717, 1.165) is 43.7 Å². The third kappa shape index (κ3) is 4.25. The zero-order valence-corrected chi connectivity index (χ0v) is 20.8. The number of nitrogens with zero attached hydrogens (tertiary/aromatic N) is 6. The van der Waals surface area contributed by atoms with Crippen LogP contribution in [0.3, 0.4) is 0 Å². The van der Waals surface area contributed by atoms with E-state index in [2.05, 4.69) is 40.4 Å². The van der Waals surface area contributed by atoms with Gasteiger partial charge in [0.05, 0.1) is 29.9 Å². The molecular formula is C26H23N7O2S. The Morgan fingerprint density at radius 1 is 1.17 bits per heavy atom. The van der Waals surface area contributed by atoms with E-state index < -0.39 is 12.0 Å². The first-order valence-electron chi connectivity index (χ1n) is 11.4. The molecule has 36 heavy (non-hydrogen) atoms. The van der Waals surface area contributed by atoms with Gasteiger partial charge in [0.1, 0.15) is 22.9 Å². The number of anilines is 1. The third-order valence-electron chi connectivity index (χ3n) is 6.19. The number of hydrogen-bond donors (Lipinski definition) is 2. The maximum Gasteiger partial charge on any atom is 0.306 e. The van der Waals surface area contributed by atoms with Crippen LogP contribution in [0.4, 0.5) is 5.69 Å². The SMILES string of the molecule is Cc1sc2c(c1C)C(c1ccc(NCc3ccc(C#N)cn3)cc1)=N[C@@H](CC(=O)O)c1nnc(C)n1-2. The van der Waals surface area contributed by atoms with Crippen LogP contribution in [0.5, 0.6) is 0 Å². The smallest absolute Gasteiger partial charge is 0.306 e. The van der Waals surface area contributed by atoms with Gasteiger partial charge in [-0.05, 0) is 50.6 Å². The third-order valence-corrected chi connectivity index (χ3v) is 7.39. The predicted octanol–water partition coefficient (Wildman–Crippen LogP) is 4.50. The highest BCUT2D eigenvalue weighted by Gasteiger charge is 2.32. The zero-order valence-electron chi connectivity index (χ0n) is 20.0. The summed E-state index contributed by atoms with van der Waals surface area (Å²) in [6, 6.07) is 12.9. The van der Waals surface area contributed by atoms with Crippen molar-refractivity contribution in [3.63, 3.8) is 0 Å². The average molecular weight is 498 g/mol. The van der Waals surface area contributed by atoms with Gasteiger partial charge in [-0.3, -0.25) is 19.3 Å². The average Bonchev–Trinajstić information content (AvgIpc) is 3.35. The minimum atomic E-state index is -0.940. The second-order valence-electron chi connectivity index (χ2n) is 8.58. The van der Waals surface area contributed by atoms with Crippen LogP contribution in [-0.4, -0.2) is 36.5 Å². The first-order valence-corrected chi connectivity index (χ1v) is 12.2. The van der Waals surface area contributed by atoms with Gasteiger partial charge in [0.2, 0.25) is 0 Å². The number of carboxylic acid groups (broad SMARTS) is 1. The van der Waals surface area contributed by atoms with Crippen molar-refractivity contribution >= 4 is 28.7 Å². The molecule has 10 heteroatoms. The molecule has 2 N–H and O–H groups in total. The van der Waals surface area contributed by atoms with E-state index in [0.29, 0.717) is 23.8 Å². The van der Waals surface area contributed by atoms with Crippen LogP contribution in [0.15, 0.2) is 47.6 Å². The van der Waals surface area contributed by atoms with E-state index in [1.165, 1.54) is 0 Å². The Bertz CT molecular complexity index is 1530. The number of rotatable bonds is 6. The summed E-state index contributed by atoms with van der Waals surface area (Å²) in [6.07, 6.45) is 1.38. The Morgan fingerprint density at radius 2 is 1.94 bits per heavy atom. The quantitative estimate of drug-likeness (QED) is 0.401. The molecule has 0 unspecified atom stereocenters. The number of benzene rings is 1. The Kier molecular flexibility index (Phi) is 6.08. The van der Waals surface area contributed by atoms with Gasteiger partial charge in [0.25, 0.3) is 0 Å². The second kappa shape index (κ2) is 9.36. The summed E-state index contributed by atoms with van der Waals surface area (Å²) in [4.78, 5) is 22.1. The number of carboxylic acids is 1. The number of pyridine rings is 1. The highest BCUT2D eigenvalue weighted by molar-refractivity contribution is 7.15. The van der Waals surface area contributed by atoms with Crippen molar-refractivity contribution in [1.29, 1.82) is 5.26 Å². The normalized spacial score (nSPS) is 14.3. The largest absolute Gasteiger partial charge is 0.481 e. The Morgan fingerprint density at radius 3 is 2.61 bits per heavy atom. The highest BCUT2D eigenvalue weighted by Crippen LogP contribution is 2.39. The van der Waals surface area contributed by atoms with Crippen molar-refractivity contribution in [2.45, 2.75) is 39.8 Å². The van der Waals surface area contributed by atoms with Crippen molar-refractivity contribution in [3.05, 3.63) is 87.1 Å². The molecule has 1 aliphatic rings. The van der Waals surface area contributed by atoms with Crippen molar-refractivity contribution in [2.24, 2.45) is 4.99 Å². The van der Waals surface area contributed by atoms with Crippen molar-refractivity contribution in [3.8, 4) is 11.1 Å². The first kappa shape index (κ1) is 23.4. The van der Waals surface area contributed by atoms with E-state index >= 15 is 0 Å². The van der Waals surface area contributed by atoms with Crippen LogP contribution in [-0.2, 0) is 11.3 Å². The molecule has 0 amide bonds. The standard InChI is InChI=1S/C26H23N7O2S/c1-14-15(2)36-26-23(14)24(30-21(10-22(34)35)25-32-31-16(3)33(25)26)18-5-8-19(9-6-18)29-13-20-7-4-17(11-27)12-28-20/h4-9,12,21,29H,10,13H2,1-3H3,(H,34,35)/t21-/m0/s1. The summed E-state index contributed by atoms with van der Waals surface area (Å²) in [6.45, 7) is 6.53. The number of aromatic nitrogens is 4. The molecule has 0 radical (unpaired) electrons. The number of aryl methyl sites for hydroxylation is 2. The molecule has 4 heterocycles. The van der Waals surface area contributed by atoms with Crippen molar-refractivity contribution < 1.29 is 9.90 Å². The number of aliphatic carboxylic acids is 1. The molecule has 9 nitrogen and oxygen atoms in total. The summed E-state index contributed by atoms with van der Waals surface area (Å²) < 4.78 is 1.95. The molecule has 180 valence electrons. The lowest BCUT2D eigenvalue weighted by atomic mass is 9.99. The topological polar surface area (TPSA) is 129 Å². The number of carbonyl (C=O) groups is 1. The van der Waals surface area contributed by atoms with Crippen molar-refractivity contribution in [2.75, 3.05) is 5.32 Å². The van der Waals surface area contributed by atoms with Crippen LogP contribution in [0.2, 0.25) is 0 Å². The molecule has 0 spiro atoms. The molecule has 0 saturated carbocycles. The molecule has 0 bridgehead atoms. The van der Waals surface area contributed by atoms with Gasteiger partial charge < -0.3 is 10.4 Å². The van der Waals surface area contributed by atoms with Crippen LogP contribution in [0, 0.1) is 32.1 Å². The maximum absolute atomic E-state index is 11.7. The number of fused-ring (bicyclic) bond motifs is 3. The van der Waals surface area contributed by atoms with Gasteiger partial charge in [-0.15, -0.1) is 21.5 Å². The van der Waals surface area contributed by atoms with E-state index in [4.69, 9.17) is 10.3 Å². The fourth-order valence-electron chi connectivity index (χ4n) is 4.22. The van der Waals surface area contributed by atoms with Gasteiger partial charge in [0.15, 0.2) is 5.82 Å². The van der Waals surface area contributed by atoms with Crippen molar-refractivity contribution in [1.82, 2.24) is 19.7 Å². The Hall–Kier alpha value is -4.36. The fraction of sp³-hybridized carbons (Fsp3) is 0.231. The molecule has 0 aliphatic carbocycles. The lowest BCUT2D eigenvalue weighted by Crippen LogP contribution is -2.10. The Balaban J connectivity index is 1.50. The minimum absolute atomic E-state index is 0.175. The van der Waals surface area contributed by atoms with Crippen LogP contribution in [0.1, 0.15) is 56.9 Å². The highest BCUT2D eigenvalue weighted by atomic mass is 32.1. The molecule has 1 aromatic carbocycles. The number of nitrogens with one attached hydrogen (secondary N) is 1. The summed E-state index contributed by atoms with van der Waals surface area (Å²) >= 11 is 1.64. The fourth-order valence-corrected chi connectivity index (χ4v) is 5.44. The zero-order chi connectivity index (χ0) is 25.4. The summed E-state index contributed by atoms with van der Waals surface area (Å²) in [7, 11) is 0. The molecular weight excluding hydrogens is 474 g/mol. The van der Waals surface area contributed by atoms with E-state index in [1.54, 1.807) is 23.6 Å². The predicted molar refractivity (Wildman–Crippen MR) is 137 cm³/mol. The monoisotopic (exact) mass is 497 g/mol. The van der Waals surface area contributed by atoms with E-state index in [1.807, 2.05) is 41.8 Å². The molecule has 4 aromatic rings. The molecule has 5 rings (SSSR count). The molecule has 1 aliphatic heterocycles. The van der Waals surface area contributed by atoms with Crippen LogP contribution >= 0.6 is 11.3 Å². The van der Waals surface area contributed by atoms with Gasteiger partial charge in [0, 0.05) is 27.9 Å². The van der Waals surface area contributed by atoms with Gasteiger partial charge in [-0.2, -0.15) is 5.26 Å². The summed E-state index contributed by atoms with van der Waals surface area (Å²) in [5.41, 5.74) is 6.01. The second-order valence-corrected chi connectivity index (χ2v) is 9.78. The number of nitriles is 1. The van der Waals surface area contributed by atoms with Gasteiger partial charge >= 0.3 is 5.97 Å². The number of hydrogen-bond acceptors (Lipinski definition) is 8. The summed E-state index contributed by atoms with van der Waals surface area (Å²) in [5.74, 6) is 0.306. The lowest BCUT2D eigenvalue weighted by molar-refractivity contribution is -0.137. The molecule has 0 fully saturated rings. The molecule has 3 aromatic heterocycles. The van der Waals surface area contributed by atoms with Crippen LogP contribution < -0.4 is 5.32 Å². The minimum Gasteiger partial charge on any atom is -0.481 e. The molecule has 0 saturated heterocycles. The van der Waals surface area contributed by atoms with E-state index in [9.17, 15) is 9.90 Å². The Labute approximate surface area is 211 Å². The number of aliphatic imine (C=N–C) groups is 1. The maximum atomic E-state index is 11.7. The van der Waals surface area contributed by atoms with E-state index in [-0.39, 0.29) is 6.42 Å². The first-order chi connectivity index (χ1) is 17.4. The lowest BCUT2D eigenvalue weighted by Gasteiger charge is -2.12. The summed E-state index contributed by atoms with van der Waals surface area (Å²) in [5, 5.41) is 31.3. The van der Waals surface area contributed by atoms with Gasteiger partial charge in [-0.1, -0.05) is 12.1 Å². The van der Waals surface area contributed by atoms with Crippen LogP contribution in [0.25, 0.3) is 5.00 Å². The molecule has 1 atom stereocenters. The number of thiophene rings is 1.